The van der Waals surface area contributed by atoms with Crippen LogP contribution in [-0.2, 0) is 12.8 Å². The van der Waals surface area contributed by atoms with Gasteiger partial charge in [0.05, 0.1) is 9.76 Å². The van der Waals surface area contributed by atoms with E-state index in [9.17, 15) is 9.59 Å². The summed E-state index contributed by atoms with van der Waals surface area (Å²) in [5.41, 5.74) is 7.02. The number of halogens is 2. The lowest BCUT2D eigenvalue weighted by molar-refractivity contribution is 0.101. The first kappa shape index (κ1) is 19.3. The Morgan fingerprint density at radius 2 is 1.59 bits per heavy atom. The minimum absolute atomic E-state index is 0.163. The van der Waals surface area contributed by atoms with E-state index in [0.717, 1.165) is 29.5 Å². The van der Waals surface area contributed by atoms with Crippen LogP contribution in [0.3, 0.4) is 0 Å². The maximum Gasteiger partial charge on any atom is 0.173 e. The zero-order valence-electron chi connectivity index (χ0n) is 15.2. The molecule has 4 heteroatoms. The molecule has 0 bridgehead atoms. The van der Waals surface area contributed by atoms with Gasteiger partial charge in [0, 0.05) is 11.1 Å². The molecule has 1 saturated carbocycles. The summed E-state index contributed by atoms with van der Waals surface area (Å²) in [6, 6.07) is 12.1. The molecule has 1 fully saturated rings. The highest BCUT2D eigenvalue weighted by molar-refractivity contribution is 14.1. The molecule has 2 aliphatic rings. The highest BCUT2D eigenvalue weighted by Gasteiger charge is 2.41. The van der Waals surface area contributed by atoms with E-state index in [1.54, 1.807) is 0 Å². The van der Waals surface area contributed by atoms with Gasteiger partial charge in [0.1, 0.15) is 0 Å². The molecular formula is C23H22BrIO2. The molecule has 1 spiro atoms. The molecule has 0 atom stereocenters. The van der Waals surface area contributed by atoms with E-state index in [2.05, 4.69) is 56.7 Å². The predicted octanol–water partition coefficient (Wildman–Crippen LogP) is 6.21. The van der Waals surface area contributed by atoms with Crippen molar-refractivity contribution in [3.63, 3.8) is 0 Å². The summed E-state index contributed by atoms with van der Waals surface area (Å²) in [6.07, 6.45) is 7.26. The molecule has 0 unspecified atom stereocenters. The second-order valence-electron chi connectivity index (χ2n) is 7.87. The number of rotatable bonds is 5. The maximum absolute atomic E-state index is 12.5. The van der Waals surface area contributed by atoms with Crippen LogP contribution in [0.4, 0.5) is 0 Å². The molecule has 0 radical (unpaired) electrons. The van der Waals surface area contributed by atoms with E-state index in [1.807, 2.05) is 18.2 Å². The average molecular weight is 537 g/mol. The number of ketones is 2. The average Bonchev–Trinajstić information content (AvgIpc) is 3.32. The summed E-state index contributed by atoms with van der Waals surface area (Å²) in [4.78, 5) is 24.4. The molecule has 0 aromatic heterocycles. The van der Waals surface area contributed by atoms with Crippen LogP contribution in [0.25, 0.3) is 11.1 Å². The van der Waals surface area contributed by atoms with Crippen molar-refractivity contribution in [2.75, 3.05) is 9.76 Å². The van der Waals surface area contributed by atoms with Crippen molar-refractivity contribution in [2.24, 2.45) is 5.41 Å². The van der Waals surface area contributed by atoms with Gasteiger partial charge in [-0.15, -0.1) is 0 Å². The van der Waals surface area contributed by atoms with Crippen LogP contribution in [0, 0.1) is 5.41 Å². The molecule has 0 saturated heterocycles. The summed E-state index contributed by atoms with van der Waals surface area (Å²) in [7, 11) is 0. The Morgan fingerprint density at radius 3 is 2.22 bits per heavy atom. The second-order valence-corrected chi connectivity index (χ2v) is 9.19. The van der Waals surface area contributed by atoms with Gasteiger partial charge in [0.2, 0.25) is 0 Å². The molecule has 27 heavy (non-hydrogen) atoms. The molecule has 2 aromatic rings. The number of alkyl halides is 2. The highest BCUT2D eigenvalue weighted by Crippen LogP contribution is 2.51. The Kier molecular flexibility index (Phi) is 5.57. The van der Waals surface area contributed by atoms with Gasteiger partial charge in [-0.05, 0) is 53.4 Å². The van der Waals surface area contributed by atoms with Crippen molar-refractivity contribution >= 4 is 50.1 Å². The number of Topliss-reactive ketones (excluding diaryl/α,β-unsaturated/α-hetero) is 2. The van der Waals surface area contributed by atoms with Crippen LogP contribution in [0.1, 0.15) is 57.5 Å². The third kappa shape index (κ3) is 3.55. The molecule has 140 valence electrons. The number of benzene rings is 2. The summed E-state index contributed by atoms with van der Waals surface area (Å²) < 4.78 is 0.498. The summed E-state index contributed by atoms with van der Waals surface area (Å²) in [5, 5.41) is 0.374. The van der Waals surface area contributed by atoms with E-state index in [-0.39, 0.29) is 11.6 Å². The molecule has 2 nitrogen and oxygen atoms in total. The molecule has 2 aromatic carbocycles. The van der Waals surface area contributed by atoms with Gasteiger partial charge in [0.25, 0.3) is 0 Å². The van der Waals surface area contributed by atoms with E-state index in [1.165, 1.54) is 42.4 Å². The maximum atomic E-state index is 12.5. The van der Waals surface area contributed by atoms with E-state index in [0.29, 0.717) is 15.2 Å². The van der Waals surface area contributed by atoms with E-state index < -0.39 is 0 Å². The smallest absolute Gasteiger partial charge is 0.173 e. The largest absolute Gasteiger partial charge is 0.293 e. The Morgan fingerprint density at radius 1 is 0.926 bits per heavy atom. The molecule has 0 heterocycles. The van der Waals surface area contributed by atoms with Gasteiger partial charge in [0.15, 0.2) is 11.6 Å². The van der Waals surface area contributed by atoms with Crippen LogP contribution in [0.5, 0.6) is 0 Å². The second kappa shape index (κ2) is 7.78. The molecular weight excluding hydrogens is 515 g/mol. The summed E-state index contributed by atoms with van der Waals surface area (Å²) in [6.45, 7) is 0. The Hall–Kier alpha value is -1.01. The first-order valence-electron chi connectivity index (χ1n) is 9.50. The highest BCUT2D eigenvalue weighted by atomic mass is 127. The summed E-state index contributed by atoms with van der Waals surface area (Å²) >= 11 is 5.45. The molecule has 0 amide bonds. The van der Waals surface area contributed by atoms with Crippen molar-refractivity contribution in [2.45, 2.75) is 38.5 Å². The van der Waals surface area contributed by atoms with Crippen molar-refractivity contribution < 1.29 is 9.59 Å². The molecule has 4 rings (SSSR count). The van der Waals surface area contributed by atoms with Gasteiger partial charge in [-0.2, -0.15) is 0 Å². The third-order valence-electron chi connectivity index (χ3n) is 6.26. The monoisotopic (exact) mass is 536 g/mol. The fourth-order valence-electron chi connectivity index (χ4n) is 4.90. The zero-order chi connectivity index (χ0) is 19.0. The SMILES string of the molecule is O=C(CI)c1ccc(-c2ccc(C(=O)CBr)c3c2CC2(CCCC2)C3)cc1. The fraction of sp³-hybridized carbons (Fsp3) is 0.391. The van der Waals surface area contributed by atoms with Gasteiger partial charge in [-0.1, -0.05) is 87.8 Å². The van der Waals surface area contributed by atoms with Gasteiger partial charge < -0.3 is 0 Å². The normalized spacial score (nSPS) is 17.3. The standard InChI is InChI=1S/C23H22BrIO2/c24-13-21(26)18-8-7-17(15-3-5-16(6-4-15)22(27)14-25)19-11-23(12-20(18)19)9-1-2-10-23/h3-8H,1-2,9-14H2. The number of hydrogen-bond donors (Lipinski definition) is 0. The van der Waals surface area contributed by atoms with E-state index >= 15 is 0 Å². The van der Waals surface area contributed by atoms with Crippen LogP contribution in [0.2, 0.25) is 0 Å². The quantitative estimate of drug-likeness (QED) is 0.259. The Bertz CT molecular complexity index is 895. The van der Waals surface area contributed by atoms with Gasteiger partial charge in [-0.3, -0.25) is 9.59 Å². The molecule has 0 aliphatic heterocycles. The summed E-state index contributed by atoms with van der Waals surface area (Å²) in [5.74, 6) is 0.339. The predicted molar refractivity (Wildman–Crippen MR) is 122 cm³/mol. The van der Waals surface area contributed by atoms with Crippen LogP contribution in [0.15, 0.2) is 36.4 Å². The van der Waals surface area contributed by atoms with Crippen molar-refractivity contribution in [3.05, 3.63) is 58.7 Å². The van der Waals surface area contributed by atoms with Crippen molar-refractivity contribution in [1.82, 2.24) is 0 Å². The number of hydrogen-bond acceptors (Lipinski definition) is 2. The van der Waals surface area contributed by atoms with Crippen molar-refractivity contribution in [1.29, 1.82) is 0 Å². The minimum Gasteiger partial charge on any atom is -0.293 e. The van der Waals surface area contributed by atoms with Gasteiger partial charge >= 0.3 is 0 Å². The van der Waals surface area contributed by atoms with E-state index in [4.69, 9.17) is 0 Å². The van der Waals surface area contributed by atoms with Crippen LogP contribution < -0.4 is 0 Å². The first-order valence-corrected chi connectivity index (χ1v) is 12.2. The van der Waals surface area contributed by atoms with Crippen LogP contribution >= 0.6 is 38.5 Å². The van der Waals surface area contributed by atoms with Gasteiger partial charge in [-0.25, -0.2) is 0 Å². The van der Waals surface area contributed by atoms with Crippen LogP contribution in [-0.4, -0.2) is 21.3 Å². The Labute approximate surface area is 182 Å². The fourth-order valence-corrected chi connectivity index (χ4v) is 5.65. The van der Waals surface area contributed by atoms with Crippen molar-refractivity contribution in [3.8, 4) is 11.1 Å². The third-order valence-corrected chi connectivity index (χ3v) is 7.46. The number of fused-ring (bicyclic) bond motifs is 1. The molecule has 2 aliphatic carbocycles. The lowest BCUT2D eigenvalue weighted by Gasteiger charge is -2.21. The lowest BCUT2D eigenvalue weighted by atomic mass is 9.82. The lowest BCUT2D eigenvalue weighted by Crippen LogP contribution is -2.16. The first-order chi connectivity index (χ1) is 13.1. The minimum atomic E-state index is 0.163. The Balaban J connectivity index is 1.78. The number of carbonyl (C=O) groups is 2. The topological polar surface area (TPSA) is 34.1 Å². The zero-order valence-corrected chi connectivity index (χ0v) is 18.9. The number of carbonyl (C=O) groups excluding carboxylic acids is 2. The molecule has 0 N–H and O–H groups in total.